The van der Waals surface area contributed by atoms with E-state index in [0.29, 0.717) is 18.3 Å². The van der Waals surface area contributed by atoms with Gasteiger partial charge in [0, 0.05) is 0 Å². The zero-order valence-corrected chi connectivity index (χ0v) is 11.4. The Hall–Kier alpha value is -1.38. The second-order valence-corrected chi connectivity index (χ2v) is 4.35. The van der Waals surface area contributed by atoms with Crippen molar-refractivity contribution in [1.82, 2.24) is 0 Å². The van der Waals surface area contributed by atoms with E-state index in [2.05, 4.69) is 20.8 Å². The van der Waals surface area contributed by atoms with Gasteiger partial charge in [-0.2, -0.15) is 0 Å². The molecule has 3 heteroatoms. The van der Waals surface area contributed by atoms with Crippen LogP contribution >= 0.6 is 0 Å². The molecule has 3 nitrogen and oxygen atoms in total. The van der Waals surface area contributed by atoms with E-state index in [-0.39, 0.29) is 0 Å². The van der Waals surface area contributed by atoms with Crippen molar-refractivity contribution >= 4 is 0 Å². The molecule has 0 heterocycles. The summed E-state index contributed by atoms with van der Waals surface area (Å²) in [6.07, 6.45) is 0.908. The third-order valence-electron chi connectivity index (χ3n) is 2.52. The number of benzene rings is 1. The zero-order chi connectivity index (χ0) is 12.8. The maximum absolute atomic E-state index is 5.80. The smallest absolute Gasteiger partial charge is 0.203 e. The lowest BCUT2D eigenvalue weighted by molar-refractivity contribution is 0.242. The van der Waals surface area contributed by atoms with Crippen LogP contribution in [0.1, 0.15) is 26.3 Å². The number of aryl methyl sites for hydroxylation is 1. The average Bonchev–Trinajstić information content (AvgIpc) is 2.34. The van der Waals surface area contributed by atoms with E-state index in [1.165, 1.54) is 0 Å². The molecule has 0 saturated heterocycles. The third kappa shape index (κ3) is 3.29. The molecule has 0 aliphatic carbocycles. The van der Waals surface area contributed by atoms with Gasteiger partial charge in [0.2, 0.25) is 5.75 Å². The maximum Gasteiger partial charge on any atom is 0.203 e. The van der Waals surface area contributed by atoms with Crippen LogP contribution in [0.3, 0.4) is 0 Å². The fraction of sp³-hybridized carbons (Fsp3) is 0.571. The Morgan fingerprint density at radius 2 is 1.76 bits per heavy atom. The van der Waals surface area contributed by atoms with Gasteiger partial charge in [-0.05, 0) is 24.0 Å². The Kier molecular flexibility index (Phi) is 5.13. The minimum Gasteiger partial charge on any atom is -0.493 e. The summed E-state index contributed by atoms with van der Waals surface area (Å²) in [6.45, 7) is 6.97. The van der Waals surface area contributed by atoms with Crippen molar-refractivity contribution < 1.29 is 14.2 Å². The van der Waals surface area contributed by atoms with Crippen molar-refractivity contribution in [3.8, 4) is 17.2 Å². The Balaban J connectivity index is 3.10. The van der Waals surface area contributed by atoms with Gasteiger partial charge in [-0.25, -0.2) is 0 Å². The Bertz CT molecular complexity index is 359. The molecular formula is C14H22O3. The van der Waals surface area contributed by atoms with Crippen LogP contribution in [-0.4, -0.2) is 20.8 Å². The SMILES string of the molecule is CCc1ccc(OC)c(OCC(C)C)c1OC. The summed E-state index contributed by atoms with van der Waals surface area (Å²) < 4.78 is 16.6. The molecule has 1 aromatic rings. The van der Waals surface area contributed by atoms with Crippen molar-refractivity contribution in [2.45, 2.75) is 27.2 Å². The van der Waals surface area contributed by atoms with Crippen LogP contribution in [0.2, 0.25) is 0 Å². The molecule has 1 aromatic carbocycles. The highest BCUT2D eigenvalue weighted by atomic mass is 16.5. The van der Waals surface area contributed by atoms with Gasteiger partial charge in [0.25, 0.3) is 0 Å². The van der Waals surface area contributed by atoms with E-state index in [0.717, 1.165) is 23.5 Å². The second-order valence-electron chi connectivity index (χ2n) is 4.35. The minimum absolute atomic E-state index is 0.467. The number of hydrogen-bond donors (Lipinski definition) is 0. The summed E-state index contributed by atoms with van der Waals surface area (Å²) in [5, 5.41) is 0. The van der Waals surface area contributed by atoms with Gasteiger partial charge in [-0.15, -0.1) is 0 Å². The molecule has 0 radical (unpaired) electrons. The van der Waals surface area contributed by atoms with E-state index in [9.17, 15) is 0 Å². The summed E-state index contributed by atoms with van der Waals surface area (Å²) in [5.74, 6) is 2.69. The molecule has 0 spiro atoms. The lowest BCUT2D eigenvalue weighted by Crippen LogP contribution is -2.07. The molecule has 0 N–H and O–H groups in total. The topological polar surface area (TPSA) is 27.7 Å². The van der Waals surface area contributed by atoms with Gasteiger partial charge >= 0.3 is 0 Å². The molecule has 17 heavy (non-hydrogen) atoms. The van der Waals surface area contributed by atoms with Crippen molar-refractivity contribution in [2.75, 3.05) is 20.8 Å². The largest absolute Gasteiger partial charge is 0.493 e. The van der Waals surface area contributed by atoms with Gasteiger partial charge in [0.05, 0.1) is 20.8 Å². The summed E-state index contributed by atoms with van der Waals surface area (Å²) in [5.41, 5.74) is 1.13. The van der Waals surface area contributed by atoms with Crippen LogP contribution < -0.4 is 14.2 Å². The molecule has 0 saturated carbocycles. The predicted octanol–water partition coefficient (Wildman–Crippen LogP) is 3.30. The lowest BCUT2D eigenvalue weighted by atomic mass is 10.1. The van der Waals surface area contributed by atoms with Crippen molar-refractivity contribution in [2.24, 2.45) is 5.92 Å². The zero-order valence-electron chi connectivity index (χ0n) is 11.4. The van der Waals surface area contributed by atoms with E-state index in [4.69, 9.17) is 14.2 Å². The molecule has 0 aliphatic heterocycles. The first-order valence-corrected chi connectivity index (χ1v) is 6.00. The van der Waals surface area contributed by atoms with E-state index in [1.807, 2.05) is 12.1 Å². The number of methoxy groups -OCH3 is 2. The summed E-state index contributed by atoms with van der Waals surface area (Å²) >= 11 is 0. The Morgan fingerprint density at radius 3 is 2.24 bits per heavy atom. The van der Waals surface area contributed by atoms with Crippen LogP contribution in [0, 0.1) is 5.92 Å². The monoisotopic (exact) mass is 238 g/mol. The van der Waals surface area contributed by atoms with Gasteiger partial charge in [0.15, 0.2) is 11.5 Å². The molecule has 0 amide bonds. The van der Waals surface area contributed by atoms with Gasteiger partial charge < -0.3 is 14.2 Å². The molecule has 96 valence electrons. The van der Waals surface area contributed by atoms with Gasteiger partial charge in [-0.3, -0.25) is 0 Å². The molecule has 0 atom stereocenters. The van der Waals surface area contributed by atoms with Crippen molar-refractivity contribution in [3.63, 3.8) is 0 Å². The van der Waals surface area contributed by atoms with Crippen LogP contribution in [0.5, 0.6) is 17.2 Å². The Labute approximate surface area is 104 Å². The standard InChI is InChI=1S/C14H22O3/c1-6-11-7-8-12(15-4)14(13(11)16-5)17-9-10(2)3/h7-8,10H,6,9H2,1-5H3. The lowest BCUT2D eigenvalue weighted by Gasteiger charge is -2.17. The second kappa shape index (κ2) is 6.38. The first-order valence-electron chi connectivity index (χ1n) is 6.00. The third-order valence-corrected chi connectivity index (χ3v) is 2.52. The van der Waals surface area contributed by atoms with Crippen LogP contribution in [0.25, 0.3) is 0 Å². The van der Waals surface area contributed by atoms with Crippen LogP contribution in [-0.2, 0) is 6.42 Å². The van der Waals surface area contributed by atoms with E-state index >= 15 is 0 Å². The summed E-state index contributed by atoms with van der Waals surface area (Å²) in [7, 11) is 3.30. The van der Waals surface area contributed by atoms with Gasteiger partial charge in [-0.1, -0.05) is 26.8 Å². The van der Waals surface area contributed by atoms with Crippen molar-refractivity contribution in [3.05, 3.63) is 17.7 Å². The minimum atomic E-state index is 0.467. The fourth-order valence-corrected chi connectivity index (χ4v) is 1.63. The van der Waals surface area contributed by atoms with E-state index in [1.54, 1.807) is 14.2 Å². The molecule has 0 fully saturated rings. The normalized spacial score (nSPS) is 10.5. The molecule has 0 unspecified atom stereocenters. The quantitative estimate of drug-likeness (QED) is 0.761. The summed E-state index contributed by atoms with van der Waals surface area (Å²) in [6, 6.07) is 3.94. The average molecular weight is 238 g/mol. The number of hydrogen-bond acceptors (Lipinski definition) is 3. The molecule has 0 bridgehead atoms. The maximum atomic E-state index is 5.80. The first-order chi connectivity index (χ1) is 8.13. The highest BCUT2D eigenvalue weighted by Crippen LogP contribution is 2.40. The molecule has 1 rings (SSSR count). The highest BCUT2D eigenvalue weighted by molar-refractivity contribution is 5.55. The molecule has 0 aliphatic rings. The number of ether oxygens (including phenoxy) is 3. The van der Waals surface area contributed by atoms with Crippen LogP contribution in [0.4, 0.5) is 0 Å². The molecular weight excluding hydrogens is 216 g/mol. The van der Waals surface area contributed by atoms with Gasteiger partial charge in [0.1, 0.15) is 0 Å². The van der Waals surface area contributed by atoms with Crippen molar-refractivity contribution in [1.29, 1.82) is 0 Å². The molecule has 0 aromatic heterocycles. The fourth-order valence-electron chi connectivity index (χ4n) is 1.63. The first kappa shape index (κ1) is 13.7. The van der Waals surface area contributed by atoms with Crippen LogP contribution in [0.15, 0.2) is 12.1 Å². The van der Waals surface area contributed by atoms with E-state index < -0.39 is 0 Å². The number of rotatable bonds is 6. The Morgan fingerprint density at radius 1 is 1.06 bits per heavy atom. The highest BCUT2D eigenvalue weighted by Gasteiger charge is 2.15. The summed E-state index contributed by atoms with van der Waals surface area (Å²) in [4.78, 5) is 0. The predicted molar refractivity (Wildman–Crippen MR) is 69.3 cm³/mol.